The van der Waals surface area contributed by atoms with E-state index in [0.717, 1.165) is 11.6 Å². The maximum absolute atomic E-state index is 12.2. The van der Waals surface area contributed by atoms with Crippen LogP contribution in [0.4, 0.5) is 11.4 Å². The minimum absolute atomic E-state index is 0.0464. The molecule has 2 aromatic carbocycles. The highest BCUT2D eigenvalue weighted by Crippen LogP contribution is 2.37. The number of benzene rings is 2. The third-order valence-electron chi connectivity index (χ3n) is 3.99. The summed E-state index contributed by atoms with van der Waals surface area (Å²) in [6.45, 7) is 4.08. The van der Waals surface area contributed by atoms with E-state index in [1.54, 1.807) is 0 Å². The first-order valence-corrected chi connectivity index (χ1v) is 7.92. The molecular formula is C18H16N4O4. The molecule has 0 aliphatic rings. The molecule has 0 aliphatic heterocycles. The highest BCUT2D eigenvalue weighted by Gasteiger charge is 2.14. The van der Waals surface area contributed by atoms with Crippen molar-refractivity contribution in [2.24, 2.45) is 10.2 Å². The second-order valence-corrected chi connectivity index (χ2v) is 6.09. The minimum Gasteiger partial charge on any atom is -0.493 e. The molecule has 1 heterocycles. The Balaban J connectivity index is 1.96. The summed E-state index contributed by atoms with van der Waals surface area (Å²) in [4.78, 5) is 25.2. The van der Waals surface area contributed by atoms with Crippen molar-refractivity contribution in [3.05, 3.63) is 63.7 Å². The highest BCUT2D eigenvalue weighted by atomic mass is 16.6. The van der Waals surface area contributed by atoms with E-state index in [0.29, 0.717) is 10.9 Å². The molecule has 1 aromatic heterocycles. The van der Waals surface area contributed by atoms with Gasteiger partial charge in [-0.25, -0.2) is 0 Å². The Labute approximate surface area is 148 Å². The van der Waals surface area contributed by atoms with Gasteiger partial charge in [-0.05, 0) is 29.7 Å². The molecule has 3 aromatic rings. The maximum Gasteiger partial charge on any atom is 0.295 e. The Hall–Kier alpha value is -3.55. The van der Waals surface area contributed by atoms with Gasteiger partial charge >= 0.3 is 0 Å². The normalized spacial score (nSPS) is 11.5. The van der Waals surface area contributed by atoms with Gasteiger partial charge in [0.15, 0.2) is 5.69 Å². The lowest BCUT2D eigenvalue weighted by atomic mass is 10.0. The molecule has 0 bridgehead atoms. The number of nitrogens with one attached hydrogen (secondary N) is 1. The van der Waals surface area contributed by atoms with Crippen molar-refractivity contribution in [1.82, 2.24) is 4.98 Å². The first-order valence-electron chi connectivity index (χ1n) is 7.92. The quantitative estimate of drug-likeness (QED) is 0.397. The van der Waals surface area contributed by atoms with E-state index in [1.807, 2.05) is 32.0 Å². The number of amides is 1. The molecule has 0 fully saturated rings. The van der Waals surface area contributed by atoms with E-state index in [4.69, 9.17) is 0 Å². The van der Waals surface area contributed by atoms with Crippen molar-refractivity contribution in [1.29, 1.82) is 0 Å². The fourth-order valence-corrected chi connectivity index (χ4v) is 2.55. The third-order valence-corrected chi connectivity index (χ3v) is 3.99. The Morgan fingerprint density at radius 2 is 2.00 bits per heavy atom. The van der Waals surface area contributed by atoms with E-state index in [9.17, 15) is 20.0 Å². The van der Waals surface area contributed by atoms with Gasteiger partial charge in [0.2, 0.25) is 5.88 Å². The molecule has 1 amide bonds. The summed E-state index contributed by atoms with van der Waals surface area (Å²) < 4.78 is 0. The summed E-state index contributed by atoms with van der Waals surface area (Å²) in [5, 5.41) is 29.0. The van der Waals surface area contributed by atoms with Gasteiger partial charge in [0, 0.05) is 17.5 Å². The van der Waals surface area contributed by atoms with Crippen molar-refractivity contribution in [2.45, 2.75) is 19.8 Å². The van der Waals surface area contributed by atoms with E-state index in [2.05, 4.69) is 15.2 Å². The lowest BCUT2D eigenvalue weighted by Crippen LogP contribution is -1.95. The molecule has 0 radical (unpaired) electrons. The molecule has 8 heteroatoms. The van der Waals surface area contributed by atoms with Crippen LogP contribution in [0.3, 0.4) is 0 Å². The first kappa shape index (κ1) is 17.3. The number of azo groups is 1. The van der Waals surface area contributed by atoms with Gasteiger partial charge in [-0.1, -0.05) is 26.0 Å². The van der Waals surface area contributed by atoms with Gasteiger partial charge in [-0.3, -0.25) is 14.9 Å². The number of nitrogens with zero attached hydrogens (tertiary/aromatic N) is 3. The zero-order valence-corrected chi connectivity index (χ0v) is 14.1. The molecule has 132 valence electrons. The average Bonchev–Trinajstić information content (AvgIpc) is 2.94. The van der Waals surface area contributed by atoms with Gasteiger partial charge in [0.25, 0.3) is 11.6 Å². The van der Waals surface area contributed by atoms with Crippen LogP contribution in [0.25, 0.3) is 10.9 Å². The number of hydrogen-bond donors (Lipinski definition) is 2. The molecule has 0 spiro atoms. The summed E-state index contributed by atoms with van der Waals surface area (Å²) in [6, 6.07) is 10.9. The molecule has 0 saturated carbocycles. The summed E-state index contributed by atoms with van der Waals surface area (Å²) in [5.74, 6) is -0.647. The van der Waals surface area contributed by atoms with Crippen molar-refractivity contribution >= 4 is 28.2 Å². The fraction of sp³-hybridized carbons (Fsp3) is 0.167. The number of H-pyrrole nitrogens is 1. The number of fused-ring (bicyclic) bond motifs is 1. The van der Waals surface area contributed by atoms with Crippen molar-refractivity contribution < 1.29 is 14.8 Å². The number of aromatic hydroxyl groups is 1. The van der Waals surface area contributed by atoms with E-state index in [-0.39, 0.29) is 28.7 Å². The topological polar surface area (TPSA) is 121 Å². The number of hydrogen-bond acceptors (Lipinski definition) is 5. The Morgan fingerprint density at radius 1 is 1.23 bits per heavy atom. The second kappa shape index (κ2) is 6.75. The summed E-state index contributed by atoms with van der Waals surface area (Å²) >= 11 is 0. The summed E-state index contributed by atoms with van der Waals surface area (Å²) in [5.41, 5.74) is 1.72. The lowest BCUT2D eigenvalue weighted by Gasteiger charge is -2.04. The molecule has 3 rings (SSSR count). The Bertz CT molecular complexity index is 1040. The molecule has 26 heavy (non-hydrogen) atoms. The van der Waals surface area contributed by atoms with Gasteiger partial charge in [-0.2, -0.15) is 0 Å². The molecule has 0 atom stereocenters. The van der Waals surface area contributed by atoms with E-state index in [1.165, 1.54) is 18.2 Å². The second-order valence-electron chi connectivity index (χ2n) is 6.09. The van der Waals surface area contributed by atoms with E-state index >= 15 is 0 Å². The zero-order valence-electron chi connectivity index (χ0n) is 14.1. The number of aromatic nitrogens is 1. The molecule has 8 nitrogen and oxygen atoms in total. The molecular weight excluding hydrogens is 336 g/mol. The van der Waals surface area contributed by atoms with Crippen LogP contribution in [0.2, 0.25) is 0 Å². The molecule has 0 saturated heterocycles. The monoisotopic (exact) mass is 352 g/mol. The van der Waals surface area contributed by atoms with Crippen LogP contribution < -0.4 is 0 Å². The predicted octanol–water partition coefficient (Wildman–Crippen LogP) is 4.83. The van der Waals surface area contributed by atoms with Crippen LogP contribution in [0.1, 0.15) is 35.7 Å². The fourth-order valence-electron chi connectivity index (χ4n) is 2.55. The molecule has 0 unspecified atom stereocenters. The SMILES string of the molecule is CC(C)c1ccc2[nH]c(O)c(N=NC(=O)c3cccc([N+](=O)[O-])c3)c2c1. The standard InChI is InChI=1S/C18H16N4O4/c1-10(2)11-6-7-15-14(9-11)16(18(24)19-15)20-21-17(23)12-4-3-5-13(8-12)22(25)26/h3-10,19,24H,1-2H3. The van der Waals surface area contributed by atoms with Gasteiger partial charge in [-0.15, -0.1) is 10.2 Å². The van der Waals surface area contributed by atoms with Crippen molar-refractivity contribution in [3.63, 3.8) is 0 Å². The summed E-state index contributed by atoms with van der Waals surface area (Å²) in [7, 11) is 0. The smallest absolute Gasteiger partial charge is 0.295 e. The van der Waals surface area contributed by atoms with Crippen LogP contribution in [0.5, 0.6) is 5.88 Å². The van der Waals surface area contributed by atoms with Crippen LogP contribution >= 0.6 is 0 Å². The van der Waals surface area contributed by atoms with Gasteiger partial charge in [0.05, 0.1) is 16.0 Å². The third kappa shape index (κ3) is 3.30. The number of nitro groups is 1. The highest BCUT2D eigenvalue weighted by molar-refractivity contribution is 5.97. The van der Waals surface area contributed by atoms with Crippen LogP contribution in [0.15, 0.2) is 52.7 Å². The minimum atomic E-state index is -0.734. The van der Waals surface area contributed by atoms with Crippen LogP contribution in [0, 0.1) is 10.1 Å². The van der Waals surface area contributed by atoms with Gasteiger partial charge < -0.3 is 10.1 Å². The zero-order chi connectivity index (χ0) is 18.8. The number of nitro benzene ring substituents is 1. The van der Waals surface area contributed by atoms with Gasteiger partial charge in [0.1, 0.15) is 0 Å². The average molecular weight is 352 g/mol. The van der Waals surface area contributed by atoms with Crippen molar-refractivity contribution in [3.8, 4) is 5.88 Å². The maximum atomic E-state index is 12.2. The number of aromatic amines is 1. The largest absolute Gasteiger partial charge is 0.493 e. The molecule has 2 N–H and O–H groups in total. The summed E-state index contributed by atoms with van der Waals surface area (Å²) in [6.07, 6.45) is 0. The van der Waals surface area contributed by atoms with Crippen LogP contribution in [-0.4, -0.2) is 20.9 Å². The van der Waals surface area contributed by atoms with Crippen molar-refractivity contribution in [2.75, 3.05) is 0 Å². The Kier molecular flexibility index (Phi) is 4.49. The number of carbonyl (C=O) groups is 1. The Morgan fingerprint density at radius 3 is 2.69 bits per heavy atom. The number of carbonyl (C=O) groups excluding carboxylic acids is 1. The number of rotatable bonds is 4. The lowest BCUT2D eigenvalue weighted by molar-refractivity contribution is -0.384. The number of non-ortho nitro benzene ring substituents is 1. The van der Waals surface area contributed by atoms with Crippen LogP contribution in [-0.2, 0) is 0 Å². The van der Waals surface area contributed by atoms with E-state index < -0.39 is 10.8 Å². The molecule has 0 aliphatic carbocycles. The predicted molar refractivity (Wildman–Crippen MR) is 96.0 cm³/mol. The first-order chi connectivity index (χ1) is 12.4.